The summed E-state index contributed by atoms with van der Waals surface area (Å²) >= 11 is 3.61. The summed E-state index contributed by atoms with van der Waals surface area (Å²) in [5, 5.41) is 2.99. The van der Waals surface area contributed by atoms with Crippen LogP contribution in [0.3, 0.4) is 0 Å². The fourth-order valence-corrected chi connectivity index (χ4v) is 4.23. The van der Waals surface area contributed by atoms with Crippen molar-refractivity contribution < 1.29 is 19.1 Å². The molecule has 31 heavy (non-hydrogen) atoms. The first-order chi connectivity index (χ1) is 15.1. The first kappa shape index (κ1) is 23.3. The zero-order valence-corrected chi connectivity index (χ0v) is 19.8. The van der Waals surface area contributed by atoms with Crippen LogP contribution >= 0.6 is 15.9 Å². The molecule has 0 aliphatic rings. The molecule has 0 atom stereocenters. The van der Waals surface area contributed by atoms with Gasteiger partial charge in [0.15, 0.2) is 0 Å². The van der Waals surface area contributed by atoms with Crippen LogP contribution in [0.2, 0.25) is 0 Å². The number of hydrogen-bond donors (Lipinski definition) is 0. The Morgan fingerprint density at radius 1 is 0.710 bits per heavy atom. The average molecular weight is 485 g/mol. The van der Waals surface area contributed by atoms with Crippen LogP contribution in [-0.4, -0.2) is 11.9 Å². The van der Waals surface area contributed by atoms with Gasteiger partial charge in [-0.2, -0.15) is 0 Å². The van der Waals surface area contributed by atoms with Gasteiger partial charge in [0.2, 0.25) is 0 Å². The van der Waals surface area contributed by atoms with Crippen molar-refractivity contribution in [3.63, 3.8) is 0 Å². The second kappa shape index (κ2) is 11.3. The molecule has 4 nitrogen and oxygen atoms in total. The van der Waals surface area contributed by atoms with E-state index in [1.54, 1.807) is 0 Å². The fourth-order valence-electron chi connectivity index (χ4n) is 3.69. The van der Waals surface area contributed by atoms with Gasteiger partial charge in [0.1, 0.15) is 11.5 Å². The first-order valence-electron chi connectivity index (χ1n) is 11.1. The number of esters is 2. The van der Waals surface area contributed by atoms with Crippen LogP contribution in [0.25, 0.3) is 21.5 Å². The van der Waals surface area contributed by atoms with E-state index in [4.69, 9.17) is 9.47 Å². The standard InChI is InChI=1S/C26H29BrO4/c1-3-5-7-16-22(28)30-25-18-12-9-10-13-19(18)26(31-23(29)17-8-6-4-2)24-20(25)14-11-15-21(24)27/h9-15H,3-8,16-17H2,1-2H3. The summed E-state index contributed by atoms with van der Waals surface area (Å²) in [6, 6.07) is 13.3. The van der Waals surface area contributed by atoms with Crippen molar-refractivity contribution in [2.45, 2.75) is 65.2 Å². The van der Waals surface area contributed by atoms with E-state index in [1.165, 1.54) is 0 Å². The molecule has 0 bridgehead atoms. The molecular weight excluding hydrogens is 456 g/mol. The Morgan fingerprint density at radius 2 is 1.23 bits per heavy atom. The molecule has 0 aromatic heterocycles. The number of rotatable bonds is 10. The van der Waals surface area contributed by atoms with Crippen LogP contribution < -0.4 is 9.47 Å². The molecule has 0 saturated carbocycles. The smallest absolute Gasteiger partial charge is 0.311 e. The maximum Gasteiger partial charge on any atom is 0.311 e. The van der Waals surface area contributed by atoms with Gasteiger partial charge in [-0.3, -0.25) is 9.59 Å². The van der Waals surface area contributed by atoms with E-state index in [0.29, 0.717) is 24.3 Å². The predicted molar refractivity (Wildman–Crippen MR) is 129 cm³/mol. The number of benzene rings is 3. The molecule has 0 saturated heterocycles. The highest BCUT2D eigenvalue weighted by molar-refractivity contribution is 9.10. The lowest BCUT2D eigenvalue weighted by Gasteiger charge is -2.17. The maximum absolute atomic E-state index is 12.6. The predicted octanol–water partition coefficient (Wildman–Crippen LogP) is 7.73. The summed E-state index contributed by atoms with van der Waals surface area (Å²) in [5.41, 5.74) is 0. The highest BCUT2D eigenvalue weighted by atomic mass is 79.9. The third kappa shape index (κ3) is 5.65. The largest absolute Gasteiger partial charge is 0.425 e. The summed E-state index contributed by atoms with van der Waals surface area (Å²) in [5.74, 6) is 0.522. The van der Waals surface area contributed by atoms with Crippen LogP contribution in [0.5, 0.6) is 11.5 Å². The summed E-state index contributed by atoms with van der Waals surface area (Å²) in [6.45, 7) is 4.21. The lowest BCUT2D eigenvalue weighted by molar-refractivity contribution is -0.135. The van der Waals surface area contributed by atoms with Gasteiger partial charge in [0.25, 0.3) is 0 Å². The van der Waals surface area contributed by atoms with Gasteiger partial charge in [-0.1, -0.05) is 91.9 Å². The minimum Gasteiger partial charge on any atom is -0.425 e. The molecule has 0 radical (unpaired) electrons. The van der Waals surface area contributed by atoms with E-state index < -0.39 is 0 Å². The van der Waals surface area contributed by atoms with Gasteiger partial charge in [-0.15, -0.1) is 0 Å². The number of carbonyl (C=O) groups is 2. The number of fused-ring (bicyclic) bond motifs is 2. The zero-order chi connectivity index (χ0) is 22.2. The first-order valence-corrected chi connectivity index (χ1v) is 11.9. The van der Waals surface area contributed by atoms with Crippen molar-refractivity contribution in [3.8, 4) is 11.5 Å². The quantitative estimate of drug-likeness (QED) is 0.128. The van der Waals surface area contributed by atoms with Crippen LogP contribution in [0.1, 0.15) is 65.2 Å². The molecule has 0 unspecified atom stereocenters. The van der Waals surface area contributed by atoms with Crippen molar-refractivity contribution in [3.05, 3.63) is 46.9 Å². The second-order valence-electron chi connectivity index (χ2n) is 7.73. The Hall–Kier alpha value is -2.40. The van der Waals surface area contributed by atoms with Crippen molar-refractivity contribution in [2.75, 3.05) is 0 Å². The van der Waals surface area contributed by atoms with E-state index in [2.05, 4.69) is 29.8 Å². The molecule has 0 amide bonds. The molecule has 3 aromatic carbocycles. The molecule has 0 spiro atoms. The van der Waals surface area contributed by atoms with E-state index >= 15 is 0 Å². The lowest BCUT2D eigenvalue weighted by Crippen LogP contribution is -2.11. The molecule has 3 aromatic rings. The van der Waals surface area contributed by atoms with Crippen molar-refractivity contribution in [1.29, 1.82) is 0 Å². The van der Waals surface area contributed by atoms with Gasteiger partial charge < -0.3 is 9.47 Å². The topological polar surface area (TPSA) is 52.6 Å². The monoisotopic (exact) mass is 484 g/mol. The summed E-state index contributed by atoms with van der Waals surface area (Å²) in [4.78, 5) is 25.1. The molecule has 0 heterocycles. The van der Waals surface area contributed by atoms with Gasteiger partial charge in [-0.05, 0) is 18.9 Å². The van der Waals surface area contributed by atoms with E-state index in [-0.39, 0.29) is 11.9 Å². The molecule has 0 aliphatic heterocycles. The number of hydrogen-bond acceptors (Lipinski definition) is 4. The van der Waals surface area contributed by atoms with Crippen LogP contribution in [0, 0.1) is 0 Å². The highest BCUT2D eigenvalue weighted by Crippen LogP contribution is 2.45. The Labute approximate surface area is 192 Å². The number of halogens is 1. The minimum atomic E-state index is -0.250. The lowest BCUT2D eigenvalue weighted by atomic mass is 10.0. The number of carbonyl (C=O) groups excluding carboxylic acids is 2. The molecule has 5 heteroatoms. The van der Waals surface area contributed by atoms with Gasteiger partial charge >= 0.3 is 11.9 Å². The number of ether oxygens (including phenoxy) is 2. The molecule has 164 valence electrons. The molecule has 0 aliphatic carbocycles. The zero-order valence-electron chi connectivity index (χ0n) is 18.2. The van der Waals surface area contributed by atoms with Gasteiger partial charge in [-0.25, -0.2) is 0 Å². The van der Waals surface area contributed by atoms with Gasteiger partial charge in [0, 0.05) is 38.9 Å². The summed E-state index contributed by atoms with van der Waals surface area (Å²) in [6.07, 6.45) is 6.45. The van der Waals surface area contributed by atoms with E-state index in [0.717, 1.165) is 64.5 Å². The Morgan fingerprint density at radius 3 is 1.81 bits per heavy atom. The van der Waals surface area contributed by atoms with Crippen molar-refractivity contribution >= 4 is 49.4 Å². The maximum atomic E-state index is 12.6. The average Bonchev–Trinajstić information content (AvgIpc) is 2.76. The SMILES string of the molecule is CCCCCC(=O)Oc1c2ccccc2c(OC(=O)CCCCC)c2c(Br)cccc12. The van der Waals surface area contributed by atoms with Crippen molar-refractivity contribution in [2.24, 2.45) is 0 Å². The van der Waals surface area contributed by atoms with E-state index in [9.17, 15) is 9.59 Å². The Balaban J connectivity index is 2.08. The number of unbranched alkanes of at least 4 members (excludes halogenated alkanes) is 4. The van der Waals surface area contributed by atoms with Crippen LogP contribution in [0.4, 0.5) is 0 Å². The van der Waals surface area contributed by atoms with Crippen LogP contribution in [0.15, 0.2) is 46.9 Å². The minimum absolute atomic E-state index is 0.246. The Bertz CT molecular complexity index is 1070. The van der Waals surface area contributed by atoms with Gasteiger partial charge in [0.05, 0.1) is 0 Å². The molecule has 0 fully saturated rings. The molecular formula is C26H29BrO4. The van der Waals surface area contributed by atoms with Crippen molar-refractivity contribution in [1.82, 2.24) is 0 Å². The molecule has 0 N–H and O–H groups in total. The third-order valence-corrected chi connectivity index (χ3v) is 5.96. The summed E-state index contributed by atoms with van der Waals surface area (Å²) in [7, 11) is 0. The third-order valence-electron chi connectivity index (χ3n) is 5.30. The molecule has 3 rings (SSSR count). The normalized spacial score (nSPS) is 11.1. The Kier molecular flexibility index (Phi) is 8.47. The van der Waals surface area contributed by atoms with E-state index in [1.807, 2.05) is 42.5 Å². The summed E-state index contributed by atoms with van der Waals surface area (Å²) < 4.78 is 12.6. The fraction of sp³-hybridized carbons (Fsp3) is 0.385. The second-order valence-corrected chi connectivity index (χ2v) is 8.58. The van der Waals surface area contributed by atoms with Crippen LogP contribution in [-0.2, 0) is 9.59 Å². The highest BCUT2D eigenvalue weighted by Gasteiger charge is 2.21.